The molecule has 0 saturated carbocycles. The lowest BCUT2D eigenvalue weighted by Crippen LogP contribution is -2.56. The van der Waals surface area contributed by atoms with Crippen molar-refractivity contribution in [3.8, 4) is 11.5 Å². The normalized spacial score (nSPS) is 17.6. The predicted molar refractivity (Wildman–Crippen MR) is 99.0 cm³/mol. The fourth-order valence-electron chi connectivity index (χ4n) is 3.26. The molecule has 1 fully saturated rings. The summed E-state index contributed by atoms with van der Waals surface area (Å²) in [7, 11) is -1.02. The van der Waals surface area contributed by atoms with Gasteiger partial charge >= 0.3 is 13.1 Å². The van der Waals surface area contributed by atoms with Crippen molar-refractivity contribution in [1.82, 2.24) is 4.90 Å². The lowest BCUT2D eigenvalue weighted by Gasteiger charge is -2.39. The number of fused-ring (bicyclic) bond motifs is 1. The van der Waals surface area contributed by atoms with Gasteiger partial charge in [-0.25, -0.2) is 4.79 Å². The Bertz CT molecular complexity index is 722. The van der Waals surface area contributed by atoms with Crippen LogP contribution in [0.3, 0.4) is 0 Å². The number of aromatic carboxylic acids is 1. The standard InChI is InChI=1S/C18H25BN2O6/c1-11(8-20)2-5-15(22)21-9-13(10-21)26-14-4-3-12-6-7-19(25)27-17(12)16(14)18(23)24/h3-4,11,13,25H,2,5-10,20H2,1H3,(H,23,24). The number of hydrogen-bond acceptors (Lipinski definition) is 6. The van der Waals surface area contributed by atoms with Gasteiger partial charge in [0.25, 0.3) is 0 Å². The number of carboxylic acid groups (broad SMARTS) is 1. The van der Waals surface area contributed by atoms with E-state index in [1.54, 1.807) is 17.0 Å². The minimum Gasteiger partial charge on any atom is -0.535 e. The Balaban J connectivity index is 1.62. The molecule has 0 spiro atoms. The van der Waals surface area contributed by atoms with Gasteiger partial charge in [-0.1, -0.05) is 13.0 Å². The largest absolute Gasteiger partial charge is 0.535 e. The smallest absolute Gasteiger partial charge is 0.522 e. The van der Waals surface area contributed by atoms with Crippen molar-refractivity contribution in [3.63, 3.8) is 0 Å². The maximum atomic E-state index is 12.1. The van der Waals surface area contributed by atoms with Crippen LogP contribution in [0.5, 0.6) is 11.5 Å². The van der Waals surface area contributed by atoms with Gasteiger partial charge < -0.3 is 30.2 Å². The van der Waals surface area contributed by atoms with Crippen molar-refractivity contribution in [2.45, 2.75) is 38.6 Å². The number of carbonyl (C=O) groups excluding carboxylic acids is 1. The van der Waals surface area contributed by atoms with Gasteiger partial charge in [0.15, 0.2) is 0 Å². The summed E-state index contributed by atoms with van der Waals surface area (Å²) in [4.78, 5) is 25.6. The molecule has 1 aromatic rings. The zero-order valence-electron chi connectivity index (χ0n) is 15.4. The van der Waals surface area contributed by atoms with Gasteiger partial charge in [-0.05, 0) is 43.3 Å². The first-order valence-electron chi connectivity index (χ1n) is 9.27. The molecule has 0 radical (unpaired) electrons. The third kappa shape index (κ3) is 4.36. The van der Waals surface area contributed by atoms with E-state index in [1.165, 1.54) is 0 Å². The van der Waals surface area contributed by atoms with E-state index in [0.717, 1.165) is 12.0 Å². The average molecular weight is 376 g/mol. The molecule has 1 saturated heterocycles. The Kier molecular flexibility index (Phi) is 5.91. The van der Waals surface area contributed by atoms with Crippen LogP contribution in [-0.4, -0.2) is 59.8 Å². The second-order valence-electron chi connectivity index (χ2n) is 7.26. The summed E-state index contributed by atoms with van der Waals surface area (Å²) in [5, 5.41) is 19.3. The molecule has 2 heterocycles. The number of ether oxygens (including phenoxy) is 1. The Hall–Kier alpha value is -2.26. The molecule has 1 unspecified atom stereocenters. The molecular formula is C18H25BN2O6. The van der Waals surface area contributed by atoms with Gasteiger partial charge in [0.05, 0.1) is 13.1 Å². The van der Waals surface area contributed by atoms with Gasteiger partial charge in [-0.2, -0.15) is 0 Å². The molecular weight excluding hydrogens is 351 g/mol. The molecule has 1 aromatic carbocycles. The highest BCUT2D eigenvalue weighted by Crippen LogP contribution is 2.37. The maximum absolute atomic E-state index is 12.1. The van der Waals surface area contributed by atoms with Crippen LogP contribution in [-0.2, 0) is 11.2 Å². The zero-order chi connectivity index (χ0) is 19.6. The van der Waals surface area contributed by atoms with Crippen LogP contribution in [0.1, 0.15) is 35.7 Å². The first-order chi connectivity index (χ1) is 12.9. The number of amides is 1. The van der Waals surface area contributed by atoms with Gasteiger partial charge in [-0.15, -0.1) is 0 Å². The third-order valence-electron chi connectivity index (χ3n) is 5.08. The highest BCUT2D eigenvalue weighted by Gasteiger charge is 2.35. The minimum atomic E-state index is -1.17. The first kappa shape index (κ1) is 19.5. The quantitative estimate of drug-likeness (QED) is 0.601. The number of carbonyl (C=O) groups is 2. The minimum absolute atomic E-state index is 0.0607. The molecule has 1 atom stereocenters. The van der Waals surface area contributed by atoms with Gasteiger partial charge in [0, 0.05) is 6.42 Å². The molecule has 146 valence electrons. The highest BCUT2D eigenvalue weighted by atomic mass is 16.5. The van der Waals surface area contributed by atoms with Crippen molar-refractivity contribution < 1.29 is 29.1 Å². The summed E-state index contributed by atoms with van der Waals surface area (Å²) in [6.45, 7) is 3.43. The van der Waals surface area contributed by atoms with Crippen LogP contribution in [0.4, 0.5) is 0 Å². The average Bonchev–Trinajstić information content (AvgIpc) is 2.61. The molecule has 0 aromatic heterocycles. The summed E-state index contributed by atoms with van der Waals surface area (Å²) in [5.41, 5.74) is 6.23. The van der Waals surface area contributed by atoms with Crippen LogP contribution >= 0.6 is 0 Å². The molecule has 0 aliphatic carbocycles. The Morgan fingerprint density at radius 3 is 2.85 bits per heavy atom. The van der Waals surface area contributed by atoms with Crippen LogP contribution in [0.2, 0.25) is 6.32 Å². The number of nitrogens with zero attached hydrogens (tertiary/aromatic N) is 1. The number of likely N-dealkylation sites (tertiary alicyclic amines) is 1. The molecule has 0 bridgehead atoms. The van der Waals surface area contributed by atoms with E-state index in [0.29, 0.717) is 44.7 Å². The van der Waals surface area contributed by atoms with Crippen LogP contribution in [0.25, 0.3) is 0 Å². The van der Waals surface area contributed by atoms with E-state index in [1.807, 2.05) is 6.92 Å². The van der Waals surface area contributed by atoms with E-state index in [9.17, 15) is 19.7 Å². The summed E-state index contributed by atoms with van der Waals surface area (Å²) in [6, 6.07) is 3.38. The highest BCUT2D eigenvalue weighted by molar-refractivity contribution is 6.44. The van der Waals surface area contributed by atoms with Crippen molar-refractivity contribution >= 4 is 19.0 Å². The SMILES string of the molecule is CC(CN)CCC(=O)N1CC(Oc2ccc3c(c2C(=O)O)OB(O)CC3)C1. The van der Waals surface area contributed by atoms with E-state index in [4.69, 9.17) is 15.1 Å². The van der Waals surface area contributed by atoms with Crippen molar-refractivity contribution in [1.29, 1.82) is 0 Å². The zero-order valence-corrected chi connectivity index (χ0v) is 15.4. The number of hydrogen-bond donors (Lipinski definition) is 3. The molecule has 4 N–H and O–H groups in total. The summed E-state index contributed by atoms with van der Waals surface area (Å²) < 4.78 is 11.2. The van der Waals surface area contributed by atoms with E-state index >= 15 is 0 Å². The molecule has 2 aliphatic rings. The van der Waals surface area contributed by atoms with E-state index in [-0.39, 0.29) is 29.1 Å². The van der Waals surface area contributed by atoms with Crippen LogP contribution in [0, 0.1) is 5.92 Å². The Labute approximate surface area is 158 Å². The second kappa shape index (κ2) is 8.18. The fraction of sp³-hybridized carbons (Fsp3) is 0.556. The third-order valence-corrected chi connectivity index (χ3v) is 5.08. The summed E-state index contributed by atoms with van der Waals surface area (Å²) in [5.74, 6) is -0.429. The molecule has 2 aliphatic heterocycles. The molecule has 8 nitrogen and oxygen atoms in total. The topological polar surface area (TPSA) is 122 Å². The van der Waals surface area contributed by atoms with Crippen LogP contribution < -0.4 is 15.1 Å². The van der Waals surface area contributed by atoms with Crippen molar-refractivity contribution in [2.24, 2.45) is 11.7 Å². The number of rotatable bonds is 7. The fourth-order valence-corrected chi connectivity index (χ4v) is 3.26. The Morgan fingerprint density at radius 2 is 2.19 bits per heavy atom. The predicted octanol–water partition coefficient (Wildman–Crippen LogP) is 0.765. The second-order valence-corrected chi connectivity index (χ2v) is 7.26. The van der Waals surface area contributed by atoms with E-state index in [2.05, 4.69) is 0 Å². The van der Waals surface area contributed by atoms with E-state index < -0.39 is 13.1 Å². The summed E-state index contributed by atoms with van der Waals surface area (Å²) >= 11 is 0. The van der Waals surface area contributed by atoms with Crippen molar-refractivity contribution in [2.75, 3.05) is 19.6 Å². The number of benzene rings is 1. The Morgan fingerprint density at radius 1 is 1.44 bits per heavy atom. The number of carboxylic acids is 1. The molecule has 3 rings (SSSR count). The molecule has 9 heteroatoms. The monoisotopic (exact) mass is 376 g/mol. The number of aryl methyl sites for hydroxylation is 1. The number of nitrogens with two attached hydrogens (primary N) is 1. The molecule has 27 heavy (non-hydrogen) atoms. The maximum Gasteiger partial charge on any atom is 0.522 e. The van der Waals surface area contributed by atoms with Crippen LogP contribution in [0.15, 0.2) is 12.1 Å². The molecule has 1 amide bonds. The van der Waals surface area contributed by atoms with Gasteiger partial charge in [0.1, 0.15) is 23.2 Å². The van der Waals surface area contributed by atoms with Gasteiger partial charge in [0.2, 0.25) is 5.91 Å². The lowest BCUT2D eigenvalue weighted by molar-refractivity contribution is -0.140. The van der Waals surface area contributed by atoms with Crippen molar-refractivity contribution in [3.05, 3.63) is 23.3 Å². The summed E-state index contributed by atoms with van der Waals surface area (Å²) in [6.07, 6.45) is 1.92. The van der Waals surface area contributed by atoms with Gasteiger partial charge in [-0.3, -0.25) is 4.79 Å². The lowest BCUT2D eigenvalue weighted by atomic mass is 9.78. The first-order valence-corrected chi connectivity index (χ1v) is 9.27.